The second-order valence-electron chi connectivity index (χ2n) is 5.80. The highest BCUT2D eigenvalue weighted by Gasteiger charge is 2.42. The molecule has 1 aromatic carbocycles. The molecule has 2 aliphatic rings. The van der Waals surface area contributed by atoms with E-state index in [1.807, 2.05) is 23.1 Å². The average molecular weight is 301 g/mol. The molecule has 1 aromatic rings. The first-order chi connectivity index (χ1) is 8.50. The highest BCUT2D eigenvalue weighted by Crippen LogP contribution is 2.44. The lowest BCUT2D eigenvalue weighted by Gasteiger charge is -2.31. The summed E-state index contributed by atoms with van der Waals surface area (Å²) in [6.45, 7) is 6.60. The van der Waals surface area contributed by atoms with Crippen molar-refractivity contribution in [1.82, 2.24) is 5.32 Å². The van der Waals surface area contributed by atoms with Crippen molar-refractivity contribution in [2.75, 3.05) is 24.5 Å². The van der Waals surface area contributed by atoms with Gasteiger partial charge in [0.2, 0.25) is 5.91 Å². The number of rotatable bonds is 1. The van der Waals surface area contributed by atoms with Gasteiger partial charge in [-0.25, -0.2) is 0 Å². The minimum Gasteiger partial charge on any atom is -0.315 e. The third-order valence-corrected chi connectivity index (χ3v) is 4.22. The van der Waals surface area contributed by atoms with Crippen molar-refractivity contribution in [3.05, 3.63) is 28.8 Å². The normalized spacial score (nSPS) is 20.5. The molecule has 0 saturated carbocycles. The molecule has 19 heavy (non-hydrogen) atoms. The largest absolute Gasteiger partial charge is 0.315 e. The van der Waals surface area contributed by atoms with Crippen molar-refractivity contribution in [3.63, 3.8) is 0 Å². The summed E-state index contributed by atoms with van der Waals surface area (Å²) in [5.74, 6) is 0.355. The van der Waals surface area contributed by atoms with Gasteiger partial charge in [0, 0.05) is 41.3 Å². The Morgan fingerprint density at radius 3 is 2.68 bits per heavy atom. The minimum absolute atomic E-state index is 0. The molecule has 1 N–H and O–H groups in total. The van der Waals surface area contributed by atoms with Gasteiger partial charge in [0.25, 0.3) is 0 Å². The highest BCUT2D eigenvalue weighted by atomic mass is 35.5. The molecule has 1 saturated heterocycles. The molecule has 2 heterocycles. The Morgan fingerprint density at radius 1 is 1.42 bits per heavy atom. The van der Waals surface area contributed by atoms with Crippen LogP contribution in [0.5, 0.6) is 0 Å². The number of hydrogen-bond acceptors (Lipinski definition) is 2. The zero-order valence-electron chi connectivity index (χ0n) is 11.1. The number of nitrogens with one attached hydrogen (secondary N) is 1. The molecule has 0 spiro atoms. The maximum atomic E-state index is 12.4. The van der Waals surface area contributed by atoms with E-state index >= 15 is 0 Å². The Kier molecular flexibility index (Phi) is 3.83. The highest BCUT2D eigenvalue weighted by molar-refractivity contribution is 6.32. The number of fused-ring (bicyclic) bond motifs is 1. The fourth-order valence-electron chi connectivity index (χ4n) is 2.85. The van der Waals surface area contributed by atoms with Gasteiger partial charge < -0.3 is 10.2 Å². The van der Waals surface area contributed by atoms with E-state index in [1.54, 1.807) is 0 Å². The van der Waals surface area contributed by atoms with Crippen LogP contribution in [0.2, 0.25) is 5.02 Å². The van der Waals surface area contributed by atoms with Crippen LogP contribution in [0, 0.1) is 5.92 Å². The molecule has 0 bridgehead atoms. The van der Waals surface area contributed by atoms with E-state index in [-0.39, 0.29) is 29.6 Å². The van der Waals surface area contributed by atoms with Crippen LogP contribution in [0.15, 0.2) is 18.2 Å². The number of halogens is 2. The van der Waals surface area contributed by atoms with Crippen LogP contribution in [-0.4, -0.2) is 25.5 Å². The van der Waals surface area contributed by atoms with Crippen molar-refractivity contribution >= 4 is 35.6 Å². The molecule has 1 amide bonds. The topological polar surface area (TPSA) is 32.3 Å². The zero-order chi connectivity index (χ0) is 12.9. The van der Waals surface area contributed by atoms with Crippen LogP contribution in [0.1, 0.15) is 19.4 Å². The molecule has 2 aliphatic heterocycles. The maximum absolute atomic E-state index is 12.4. The fourth-order valence-corrected chi connectivity index (χ4v) is 3.27. The Labute approximate surface area is 124 Å². The number of amides is 1. The van der Waals surface area contributed by atoms with Gasteiger partial charge in [-0.15, -0.1) is 12.4 Å². The number of carbonyl (C=O) groups excluding carboxylic acids is 1. The lowest BCUT2D eigenvalue weighted by molar-refractivity contribution is -0.123. The summed E-state index contributed by atoms with van der Waals surface area (Å²) in [5.41, 5.74) is 2.03. The predicted octanol–water partition coefficient (Wildman–Crippen LogP) is 2.61. The summed E-state index contributed by atoms with van der Waals surface area (Å²) >= 11 is 6.30. The van der Waals surface area contributed by atoms with Gasteiger partial charge in [-0.05, 0) is 12.1 Å². The summed E-state index contributed by atoms with van der Waals surface area (Å²) in [6.07, 6.45) is 0. The van der Waals surface area contributed by atoms with Crippen molar-refractivity contribution in [3.8, 4) is 0 Å². The van der Waals surface area contributed by atoms with Crippen molar-refractivity contribution in [2.45, 2.75) is 19.3 Å². The molecule has 0 aliphatic carbocycles. The third-order valence-electron chi connectivity index (χ3n) is 3.91. The van der Waals surface area contributed by atoms with Crippen molar-refractivity contribution < 1.29 is 4.79 Å². The monoisotopic (exact) mass is 300 g/mol. The second-order valence-corrected chi connectivity index (χ2v) is 6.20. The van der Waals surface area contributed by atoms with Gasteiger partial charge >= 0.3 is 0 Å². The number of benzene rings is 1. The van der Waals surface area contributed by atoms with Gasteiger partial charge in [0.15, 0.2) is 0 Å². The van der Waals surface area contributed by atoms with E-state index in [0.29, 0.717) is 0 Å². The van der Waals surface area contributed by atoms with Gasteiger partial charge in [0.05, 0.1) is 5.92 Å². The summed E-state index contributed by atoms with van der Waals surface area (Å²) in [5, 5.41) is 3.91. The van der Waals surface area contributed by atoms with Crippen LogP contribution >= 0.6 is 24.0 Å². The Hall–Kier alpha value is -0.770. The Bertz CT molecular complexity index is 512. The van der Waals surface area contributed by atoms with Crippen molar-refractivity contribution in [2.24, 2.45) is 5.92 Å². The molecule has 3 nitrogen and oxygen atoms in total. The Balaban J connectivity index is 0.00000133. The molecule has 5 heteroatoms. The lowest BCUT2D eigenvalue weighted by Crippen LogP contribution is -2.52. The van der Waals surface area contributed by atoms with Crippen LogP contribution < -0.4 is 10.2 Å². The standard InChI is InChI=1S/C14H17ClN2O.ClH/c1-14(2)8-17(13(18)9-6-16-7-9)11-5-3-4-10(15)12(11)14;/h3-5,9,16H,6-8H2,1-2H3;1H. The van der Waals surface area contributed by atoms with E-state index in [0.717, 1.165) is 35.9 Å². The van der Waals surface area contributed by atoms with E-state index in [4.69, 9.17) is 11.6 Å². The van der Waals surface area contributed by atoms with Gasteiger partial charge in [-0.2, -0.15) is 0 Å². The average Bonchev–Trinajstić information content (AvgIpc) is 2.49. The molecule has 0 atom stereocenters. The van der Waals surface area contributed by atoms with Crippen LogP contribution in [0.3, 0.4) is 0 Å². The first-order valence-electron chi connectivity index (χ1n) is 6.32. The van der Waals surface area contributed by atoms with E-state index in [1.165, 1.54) is 0 Å². The van der Waals surface area contributed by atoms with Crippen LogP contribution in [0.4, 0.5) is 5.69 Å². The van der Waals surface area contributed by atoms with Crippen LogP contribution in [0.25, 0.3) is 0 Å². The molecule has 1 fully saturated rings. The molecule has 0 radical (unpaired) electrons. The second kappa shape index (κ2) is 4.97. The molecular formula is C14H18Cl2N2O. The van der Waals surface area contributed by atoms with E-state index < -0.39 is 0 Å². The molecule has 104 valence electrons. The number of nitrogens with zero attached hydrogens (tertiary/aromatic N) is 1. The van der Waals surface area contributed by atoms with Gasteiger partial charge in [0.1, 0.15) is 0 Å². The molecule has 0 unspecified atom stereocenters. The molecular weight excluding hydrogens is 283 g/mol. The maximum Gasteiger partial charge on any atom is 0.232 e. The lowest BCUT2D eigenvalue weighted by atomic mass is 9.87. The van der Waals surface area contributed by atoms with E-state index in [2.05, 4.69) is 19.2 Å². The van der Waals surface area contributed by atoms with Gasteiger partial charge in [-0.3, -0.25) is 4.79 Å². The number of carbonyl (C=O) groups is 1. The summed E-state index contributed by atoms with van der Waals surface area (Å²) in [7, 11) is 0. The van der Waals surface area contributed by atoms with E-state index in [9.17, 15) is 4.79 Å². The van der Waals surface area contributed by atoms with Crippen molar-refractivity contribution in [1.29, 1.82) is 0 Å². The zero-order valence-corrected chi connectivity index (χ0v) is 12.6. The summed E-state index contributed by atoms with van der Waals surface area (Å²) < 4.78 is 0. The smallest absolute Gasteiger partial charge is 0.232 e. The SMILES string of the molecule is CC1(C)CN(C(=O)C2CNC2)c2cccc(Cl)c21.Cl. The number of anilines is 1. The predicted molar refractivity (Wildman–Crippen MR) is 80.4 cm³/mol. The third kappa shape index (κ3) is 2.24. The van der Waals surface area contributed by atoms with Gasteiger partial charge in [-0.1, -0.05) is 31.5 Å². The first-order valence-corrected chi connectivity index (χ1v) is 6.69. The molecule has 3 rings (SSSR count). The first kappa shape index (κ1) is 14.6. The number of hydrogen-bond donors (Lipinski definition) is 1. The van der Waals surface area contributed by atoms with Crippen LogP contribution in [-0.2, 0) is 10.2 Å². The molecule has 0 aromatic heterocycles. The Morgan fingerprint density at radius 2 is 2.11 bits per heavy atom. The summed E-state index contributed by atoms with van der Waals surface area (Å²) in [6, 6.07) is 5.82. The fraction of sp³-hybridized carbons (Fsp3) is 0.500. The quantitative estimate of drug-likeness (QED) is 0.865. The summed E-state index contributed by atoms with van der Waals surface area (Å²) in [4.78, 5) is 14.3. The minimum atomic E-state index is -0.0689.